The SMILES string of the molecule is COC(=O)Nc1nc2cc(Sc3ccccc3)ccc2n1COP(=O)([O-])[O-].[Na+].[Na+]. The second-order valence-corrected chi connectivity index (χ2v) is 7.55. The predicted octanol–water partition coefficient (Wildman–Crippen LogP) is -3.82. The van der Waals surface area contributed by atoms with Gasteiger partial charge in [-0.25, -0.2) is 9.78 Å². The summed E-state index contributed by atoms with van der Waals surface area (Å²) in [5.74, 6) is -0.00726. The Morgan fingerprint density at radius 1 is 1.17 bits per heavy atom. The van der Waals surface area contributed by atoms with Crippen molar-refractivity contribution in [2.24, 2.45) is 0 Å². The molecule has 0 fully saturated rings. The van der Waals surface area contributed by atoms with Gasteiger partial charge in [-0.2, -0.15) is 0 Å². The monoisotopic (exact) mass is 453 g/mol. The third-order valence-electron chi connectivity index (χ3n) is 3.44. The molecular formula is C16H14N3Na2O6PS. The fourth-order valence-electron chi connectivity index (χ4n) is 2.29. The minimum atomic E-state index is -5.20. The van der Waals surface area contributed by atoms with E-state index >= 15 is 0 Å². The first-order chi connectivity index (χ1) is 12.9. The van der Waals surface area contributed by atoms with Gasteiger partial charge in [0, 0.05) is 9.79 Å². The smallest absolute Gasteiger partial charge is 0.790 e. The van der Waals surface area contributed by atoms with Crippen LogP contribution in [0.5, 0.6) is 0 Å². The van der Waals surface area contributed by atoms with E-state index in [4.69, 9.17) is 0 Å². The van der Waals surface area contributed by atoms with E-state index in [1.54, 1.807) is 12.1 Å². The third-order valence-corrected chi connectivity index (χ3v) is 4.87. The van der Waals surface area contributed by atoms with Crippen molar-refractivity contribution in [1.29, 1.82) is 0 Å². The van der Waals surface area contributed by atoms with Crippen LogP contribution in [0, 0.1) is 0 Å². The summed E-state index contributed by atoms with van der Waals surface area (Å²) in [5.41, 5.74) is 0.963. The molecule has 0 unspecified atom stereocenters. The van der Waals surface area contributed by atoms with E-state index < -0.39 is 20.6 Å². The number of fused-ring (bicyclic) bond motifs is 1. The normalized spacial score (nSPS) is 10.7. The summed E-state index contributed by atoms with van der Waals surface area (Å²) in [6.07, 6.45) is -0.794. The van der Waals surface area contributed by atoms with Gasteiger partial charge in [0.2, 0.25) is 5.95 Å². The van der Waals surface area contributed by atoms with Crippen molar-refractivity contribution in [2.75, 3.05) is 12.4 Å². The second kappa shape index (κ2) is 11.9. The zero-order valence-corrected chi connectivity index (χ0v) is 21.7. The molecule has 0 aliphatic heterocycles. The van der Waals surface area contributed by atoms with Crippen molar-refractivity contribution in [1.82, 2.24) is 9.55 Å². The number of carbonyl (C=O) groups excluding carboxylic acids is 1. The van der Waals surface area contributed by atoms with E-state index in [0.29, 0.717) is 11.0 Å². The summed E-state index contributed by atoms with van der Waals surface area (Å²) in [4.78, 5) is 39.3. The van der Waals surface area contributed by atoms with Gasteiger partial charge in [-0.1, -0.05) is 30.0 Å². The van der Waals surface area contributed by atoms with Crippen molar-refractivity contribution < 1.29 is 87.5 Å². The Hall–Kier alpha value is -0.360. The van der Waals surface area contributed by atoms with Gasteiger partial charge in [0.1, 0.15) is 6.73 Å². The topological polar surface area (TPSA) is 129 Å². The molecule has 1 heterocycles. The molecule has 1 amide bonds. The second-order valence-electron chi connectivity index (χ2n) is 5.25. The molecule has 0 atom stereocenters. The standard InChI is InChI=1S/C16H16N3O6PS.2Na/c1-24-16(20)18-15-17-13-9-12(27-11-5-3-2-4-6-11)7-8-14(13)19(15)10-25-26(21,22)23;;/h2-9H,10H2,1H3,(H,17,18,20)(H2,21,22,23);;/q;2*+1/p-2. The fraction of sp³-hybridized carbons (Fsp3) is 0.125. The van der Waals surface area contributed by atoms with Crippen molar-refractivity contribution in [3.8, 4) is 0 Å². The molecule has 0 saturated carbocycles. The number of phosphoric acid groups is 1. The third kappa shape index (κ3) is 7.68. The number of rotatable bonds is 6. The molecule has 1 N–H and O–H groups in total. The van der Waals surface area contributed by atoms with Gasteiger partial charge in [0.15, 0.2) is 0 Å². The quantitative estimate of drug-likeness (QED) is 0.297. The van der Waals surface area contributed by atoms with Crippen molar-refractivity contribution >= 4 is 42.7 Å². The van der Waals surface area contributed by atoms with Gasteiger partial charge in [0.05, 0.1) is 26.0 Å². The zero-order chi connectivity index (χ0) is 19.4. The number of carbonyl (C=O) groups is 1. The maximum Gasteiger partial charge on any atom is 1.00 e. The van der Waals surface area contributed by atoms with Gasteiger partial charge < -0.3 is 23.6 Å². The number of hydrogen-bond acceptors (Lipinski definition) is 8. The molecule has 0 aliphatic carbocycles. The van der Waals surface area contributed by atoms with E-state index in [1.165, 1.54) is 23.4 Å². The number of ether oxygens (including phenoxy) is 1. The summed E-state index contributed by atoms with van der Waals surface area (Å²) in [6.45, 7) is -0.620. The molecule has 0 spiro atoms. The molecule has 9 nitrogen and oxygen atoms in total. The summed E-state index contributed by atoms with van der Waals surface area (Å²) >= 11 is 1.52. The Labute approximate surface area is 215 Å². The fourth-order valence-corrected chi connectivity index (χ4v) is 3.42. The Morgan fingerprint density at radius 3 is 2.48 bits per heavy atom. The molecule has 29 heavy (non-hydrogen) atoms. The van der Waals surface area contributed by atoms with Crippen LogP contribution in [-0.4, -0.2) is 22.8 Å². The minimum Gasteiger partial charge on any atom is -0.790 e. The first kappa shape index (κ1) is 26.7. The van der Waals surface area contributed by atoms with E-state index in [1.807, 2.05) is 36.4 Å². The first-order valence-electron chi connectivity index (χ1n) is 7.60. The molecule has 13 heteroatoms. The average Bonchev–Trinajstić information content (AvgIpc) is 2.96. The van der Waals surface area contributed by atoms with Gasteiger partial charge >= 0.3 is 65.2 Å². The minimum absolute atomic E-state index is 0. The number of methoxy groups -OCH3 is 1. The molecular weight excluding hydrogens is 439 g/mol. The molecule has 0 aliphatic rings. The predicted molar refractivity (Wildman–Crippen MR) is 95.0 cm³/mol. The zero-order valence-electron chi connectivity index (χ0n) is 16.0. The number of aromatic nitrogens is 2. The molecule has 142 valence electrons. The van der Waals surface area contributed by atoms with Gasteiger partial charge in [-0.3, -0.25) is 9.88 Å². The number of benzene rings is 2. The first-order valence-corrected chi connectivity index (χ1v) is 9.88. The van der Waals surface area contributed by atoms with E-state index in [0.717, 1.165) is 9.79 Å². The van der Waals surface area contributed by atoms with Crippen molar-refractivity contribution in [3.05, 3.63) is 48.5 Å². The number of amides is 1. The molecule has 0 radical (unpaired) electrons. The number of phosphoric ester groups is 1. The summed E-state index contributed by atoms with van der Waals surface area (Å²) in [6, 6.07) is 15.0. The average molecular weight is 453 g/mol. The van der Waals surface area contributed by atoms with Gasteiger partial charge in [0.25, 0.3) is 0 Å². The molecule has 0 bridgehead atoms. The Kier molecular flexibility index (Phi) is 10.9. The van der Waals surface area contributed by atoms with Crippen molar-refractivity contribution in [2.45, 2.75) is 16.5 Å². The largest absolute Gasteiger partial charge is 1.00 e. The molecule has 0 saturated heterocycles. The van der Waals surface area contributed by atoms with E-state index in [9.17, 15) is 19.1 Å². The van der Waals surface area contributed by atoms with Crippen LogP contribution < -0.4 is 74.2 Å². The summed E-state index contributed by atoms with van der Waals surface area (Å²) in [5, 5.41) is 2.37. The summed E-state index contributed by atoms with van der Waals surface area (Å²) < 4.78 is 20.9. The van der Waals surface area contributed by atoms with E-state index in [2.05, 4.69) is 19.6 Å². The van der Waals surface area contributed by atoms with Gasteiger partial charge in [-0.15, -0.1) is 0 Å². The summed E-state index contributed by atoms with van der Waals surface area (Å²) in [7, 11) is -4.02. The van der Waals surface area contributed by atoms with Crippen LogP contribution in [0.15, 0.2) is 58.3 Å². The van der Waals surface area contributed by atoms with Crippen LogP contribution in [0.4, 0.5) is 10.7 Å². The number of hydrogen-bond donors (Lipinski definition) is 1. The molecule has 3 rings (SSSR count). The van der Waals surface area contributed by atoms with Crippen LogP contribution in [0.2, 0.25) is 0 Å². The maximum absolute atomic E-state index is 11.5. The number of nitrogens with one attached hydrogen (secondary N) is 1. The molecule has 3 aromatic rings. The Balaban J connectivity index is 0.00000210. The molecule has 2 aromatic carbocycles. The van der Waals surface area contributed by atoms with Crippen LogP contribution in [0.1, 0.15) is 0 Å². The Bertz CT molecular complexity index is 1010. The van der Waals surface area contributed by atoms with Crippen LogP contribution in [0.25, 0.3) is 11.0 Å². The number of imidazole rings is 1. The van der Waals surface area contributed by atoms with Gasteiger partial charge in [-0.05, 0) is 30.3 Å². The number of anilines is 1. The van der Waals surface area contributed by atoms with Crippen LogP contribution >= 0.6 is 19.6 Å². The maximum atomic E-state index is 11.5. The Morgan fingerprint density at radius 2 is 1.86 bits per heavy atom. The van der Waals surface area contributed by atoms with Crippen LogP contribution in [0.3, 0.4) is 0 Å². The van der Waals surface area contributed by atoms with Crippen molar-refractivity contribution in [3.63, 3.8) is 0 Å². The molecule has 1 aromatic heterocycles. The van der Waals surface area contributed by atoms with E-state index in [-0.39, 0.29) is 65.1 Å². The van der Waals surface area contributed by atoms with Crippen LogP contribution in [-0.2, 0) is 20.6 Å². The number of nitrogens with zero attached hydrogens (tertiary/aromatic N) is 2.